The quantitative estimate of drug-likeness (QED) is 0.341. The molecule has 0 aliphatic carbocycles. The molecule has 2 N–H and O–H groups in total. The van der Waals surface area contributed by atoms with Gasteiger partial charge in [0.15, 0.2) is 11.0 Å². The molecule has 34 heavy (non-hydrogen) atoms. The first-order valence-corrected chi connectivity index (χ1v) is 11.5. The molecule has 0 bridgehead atoms. The molecule has 0 saturated carbocycles. The van der Waals surface area contributed by atoms with Gasteiger partial charge in [0.2, 0.25) is 5.91 Å². The third-order valence-corrected chi connectivity index (χ3v) is 6.18. The fraction of sp³-hybridized carbons (Fsp3) is 0.0833. The van der Waals surface area contributed by atoms with E-state index in [1.54, 1.807) is 41.9 Å². The predicted molar refractivity (Wildman–Crippen MR) is 132 cm³/mol. The fourth-order valence-electron chi connectivity index (χ4n) is 3.16. The third kappa shape index (κ3) is 5.44. The zero-order valence-electron chi connectivity index (χ0n) is 18.0. The Bertz CT molecular complexity index is 1340. The highest BCUT2D eigenvalue weighted by Gasteiger charge is 2.17. The number of amides is 2. The standard InChI is InChI=1S/C24H19ClFN5O2S/c1-31-22(17-6-2-4-8-19(17)25)29-30-24(31)34-14-21(32)28-20-9-5-3-7-18(20)23(33)27-16-12-10-15(26)11-13-16/h2-13H,14H2,1H3,(H,27,33)(H,28,32). The van der Waals surface area contributed by atoms with Crippen LogP contribution in [0.3, 0.4) is 0 Å². The summed E-state index contributed by atoms with van der Waals surface area (Å²) in [7, 11) is 1.80. The van der Waals surface area contributed by atoms with Crippen molar-refractivity contribution in [3.63, 3.8) is 0 Å². The number of hydrogen-bond donors (Lipinski definition) is 2. The van der Waals surface area contributed by atoms with Gasteiger partial charge in [0, 0.05) is 18.3 Å². The third-order valence-electron chi connectivity index (χ3n) is 4.83. The first kappa shape index (κ1) is 23.5. The molecule has 7 nitrogen and oxygen atoms in total. The highest BCUT2D eigenvalue weighted by Crippen LogP contribution is 2.28. The van der Waals surface area contributed by atoms with E-state index in [2.05, 4.69) is 20.8 Å². The smallest absolute Gasteiger partial charge is 0.257 e. The van der Waals surface area contributed by atoms with Crippen molar-refractivity contribution in [1.82, 2.24) is 14.8 Å². The largest absolute Gasteiger partial charge is 0.325 e. The summed E-state index contributed by atoms with van der Waals surface area (Å²) in [5.41, 5.74) is 1.84. The molecule has 1 aromatic heterocycles. The normalized spacial score (nSPS) is 10.7. The van der Waals surface area contributed by atoms with Gasteiger partial charge >= 0.3 is 0 Å². The SMILES string of the molecule is Cn1c(SCC(=O)Nc2ccccc2C(=O)Nc2ccc(F)cc2)nnc1-c1ccccc1Cl. The number of anilines is 2. The van der Waals surface area contributed by atoms with Crippen molar-refractivity contribution >= 4 is 46.6 Å². The molecule has 0 aliphatic rings. The second-order valence-electron chi connectivity index (χ2n) is 7.19. The van der Waals surface area contributed by atoms with Gasteiger partial charge in [-0.25, -0.2) is 4.39 Å². The Kier molecular flexibility index (Phi) is 7.24. The summed E-state index contributed by atoms with van der Waals surface area (Å²) in [6, 6.07) is 19.4. The number of nitrogens with one attached hydrogen (secondary N) is 2. The summed E-state index contributed by atoms with van der Waals surface area (Å²) in [6.07, 6.45) is 0. The van der Waals surface area contributed by atoms with Crippen molar-refractivity contribution in [1.29, 1.82) is 0 Å². The molecule has 3 aromatic carbocycles. The number of para-hydroxylation sites is 1. The van der Waals surface area contributed by atoms with Crippen LogP contribution in [-0.2, 0) is 11.8 Å². The zero-order chi connectivity index (χ0) is 24.1. The van der Waals surface area contributed by atoms with E-state index in [1.165, 1.54) is 36.0 Å². The molecule has 0 spiro atoms. The van der Waals surface area contributed by atoms with Crippen LogP contribution in [0, 0.1) is 5.82 Å². The molecular weight excluding hydrogens is 477 g/mol. The van der Waals surface area contributed by atoms with Gasteiger partial charge in [0.25, 0.3) is 5.91 Å². The summed E-state index contributed by atoms with van der Waals surface area (Å²) in [5, 5.41) is 14.9. The van der Waals surface area contributed by atoms with Gasteiger partial charge in [-0.2, -0.15) is 0 Å². The molecule has 2 amide bonds. The van der Waals surface area contributed by atoms with Gasteiger partial charge in [-0.3, -0.25) is 9.59 Å². The first-order valence-electron chi connectivity index (χ1n) is 10.2. The highest BCUT2D eigenvalue weighted by atomic mass is 35.5. The van der Waals surface area contributed by atoms with Gasteiger partial charge in [-0.15, -0.1) is 10.2 Å². The number of aromatic nitrogens is 3. The van der Waals surface area contributed by atoms with Gasteiger partial charge in [-0.1, -0.05) is 47.6 Å². The maximum absolute atomic E-state index is 13.1. The molecular formula is C24H19ClFN5O2S. The monoisotopic (exact) mass is 495 g/mol. The van der Waals surface area contributed by atoms with Crippen LogP contribution in [0.25, 0.3) is 11.4 Å². The Morgan fingerprint density at radius 3 is 2.44 bits per heavy atom. The Morgan fingerprint density at radius 2 is 1.68 bits per heavy atom. The number of benzene rings is 3. The first-order chi connectivity index (χ1) is 16.4. The highest BCUT2D eigenvalue weighted by molar-refractivity contribution is 7.99. The van der Waals surface area contributed by atoms with Crippen LogP contribution in [0.2, 0.25) is 5.02 Å². The molecule has 0 aliphatic heterocycles. The topological polar surface area (TPSA) is 88.9 Å². The van der Waals surface area contributed by atoms with Crippen molar-refractivity contribution in [2.24, 2.45) is 7.05 Å². The second kappa shape index (κ2) is 10.5. The van der Waals surface area contributed by atoms with E-state index in [-0.39, 0.29) is 17.2 Å². The van der Waals surface area contributed by atoms with Crippen LogP contribution in [0.15, 0.2) is 78.0 Å². The van der Waals surface area contributed by atoms with Crippen molar-refractivity contribution in [2.75, 3.05) is 16.4 Å². The maximum atomic E-state index is 13.1. The van der Waals surface area contributed by atoms with Crippen LogP contribution in [-0.4, -0.2) is 32.3 Å². The van der Waals surface area contributed by atoms with Crippen LogP contribution in [0.5, 0.6) is 0 Å². The summed E-state index contributed by atoms with van der Waals surface area (Å²) < 4.78 is 14.9. The van der Waals surface area contributed by atoms with E-state index in [1.807, 2.05) is 18.2 Å². The number of nitrogens with zero attached hydrogens (tertiary/aromatic N) is 3. The summed E-state index contributed by atoms with van der Waals surface area (Å²) in [4.78, 5) is 25.3. The number of rotatable bonds is 7. The van der Waals surface area contributed by atoms with Crippen LogP contribution >= 0.6 is 23.4 Å². The average Bonchev–Trinajstić information content (AvgIpc) is 3.20. The summed E-state index contributed by atoms with van der Waals surface area (Å²) in [6.45, 7) is 0. The van der Waals surface area contributed by atoms with E-state index < -0.39 is 11.7 Å². The lowest BCUT2D eigenvalue weighted by Gasteiger charge is -2.11. The Morgan fingerprint density at radius 1 is 0.971 bits per heavy atom. The zero-order valence-corrected chi connectivity index (χ0v) is 19.5. The van der Waals surface area contributed by atoms with Crippen LogP contribution in [0.4, 0.5) is 15.8 Å². The van der Waals surface area contributed by atoms with E-state index in [4.69, 9.17) is 11.6 Å². The minimum atomic E-state index is -0.423. The lowest BCUT2D eigenvalue weighted by atomic mass is 10.1. The number of carbonyl (C=O) groups excluding carboxylic acids is 2. The Balaban J connectivity index is 1.41. The summed E-state index contributed by atoms with van der Waals surface area (Å²) >= 11 is 7.47. The number of carbonyl (C=O) groups is 2. The average molecular weight is 496 g/mol. The number of halogens is 2. The van der Waals surface area contributed by atoms with E-state index >= 15 is 0 Å². The molecule has 0 saturated heterocycles. The Labute approximate surface area is 204 Å². The van der Waals surface area contributed by atoms with Crippen molar-refractivity contribution in [2.45, 2.75) is 5.16 Å². The van der Waals surface area contributed by atoms with Gasteiger partial charge < -0.3 is 15.2 Å². The van der Waals surface area contributed by atoms with E-state index in [9.17, 15) is 14.0 Å². The Hall–Kier alpha value is -3.69. The van der Waals surface area contributed by atoms with E-state index in [0.717, 1.165) is 5.56 Å². The van der Waals surface area contributed by atoms with Gasteiger partial charge in [0.05, 0.1) is 22.0 Å². The minimum Gasteiger partial charge on any atom is -0.325 e. The lowest BCUT2D eigenvalue weighted by molar-refractivity contribution is -0.113. The summed E-state index contributed by atoms with van der Waals surface area (Å²) in [5.74, 6) is -0.480. The van der Waals surface area contributed by atoms with Gasteiger partial charge in [-0.05, 0) is 48.5 Å². The van der Waals surface area contributed by atoms with Crippen molar-refractivity contribution < 1.29 is 14.0 Å². The predicted octanol–water partition coefficient (Wildman–Crippen LogP) is 5.26. The minimum absolute atomic E-state index is 0.0579. The molecule has 4 aromatic rings. The molecule has 0 fully saturated rings. The van der Waals surface area contributed by atoms with Gasteiger partial charge in [0.1, 0.15) is 5.82 Å². The van der Waals surface area contributed by atoms with Crippen molar-refractivity contribution in [3.8, 4) is 11.4 Å². The number of hydrogen-bond acceptors (Lipinski definition) is 5. The maximum Gasteiger partial charge on any atom is 0.257 e. The molecule has 0 unspecified atom stereocenters. The lowest BCUT2D eigenvalue weighted by Crippen LogP contribution is -2.19. The number of thioether (sulfide) groups is 1. The molecule has 1 heterocycles. The molecule has 0 atom stereocenters. The van der Waals surface area contributed by atoms with Crippen LogP contribution < -0.4 is 10.6 Å². The molecule has 0 radical (unpaired) electrons. The van der Waals surface area contributed by atoms with E-state index in [0.29, 0.717) is 27.4 Å². The molecule has 172 valence electrons. The van der Waals surface area contributed by atoms with Crippen molar-refractivity contribution in [3.05, 3.63) is 89.2 Å². The molecule has 10 heteroatoms. The molecule has 4 rings (SSSR count). The van der Waals surface area contributed by atoms with Crippen LogP contribution in [0.1, 0.15) is 10.4 Å². The second-order valence-corrected chi connectivity index (χ2v) is 8.54. The fourth-order valence-corrected chi connectivity index (χ4v) is 4.09.